The summed E-state index contributed by atoms with van der Waals surface area (Å²) in [5.41, 5.74) is 0. The molecule has 3 nitrogen and oxygen atoms in total. The molecule has 0 aromatic heterocycles. The Balaban J connectivity index is 4.59. The van der Waals surface area contributed by atoms with Crippen LogP contribution in [-0.2, 0) is 10.0 Å². The zero-order valence-corrected chi connectivity index (χ0v) is 7.46. The van der Waals surface area contributed by atoms with E-state index in [4.69, 9.17) is 0 Å². The lowest BCUT2D eigenvalue weighted by Crippen LogP contribution is -2.41. The largest absolute Gasteiger partial charge is 0.406 e. The molecule has 0 radical (unpaired) electrons. The van der Waals surface area contributed by atoms with Crippen molar-refractivity contribution in [1.29, 1.82) is 0 Å². The van der Waals surface area contributed by atoms with Gasteiger partial charge in [0, 0.05) is 6.54 Å². The maximum absolute atomic E-state index is 11.8. The van der Waals surface area contributed by atoms with Crippen LogP contribution in [0, 0.1) is 0 Å². The van der Waals surface area contributed by atoms with Gasteiger partial charge in [0.15, 0.2) is 5.25 Å². The minimum Gasteiger partial charge on any atom is -0.215 e. The zero-order chi connectivity index (χ0) is 9.99. The topological polar surface area (TPSA) is 46.2 Å². The Hall–Kier alpha value is -0.300. The van der Waals surface area contributed by atoms with E-state index in [9.17, 15) is 21.6 Å². The van der Waals surface area contributed by atoms with Crippen LogP contribution >= 0.6 is 0 Å². The maximum Gasteiger partial charge on any atom is 0.406 e. The fourth-order valence-electron chi connectivity index (χ4n) is 0.502. The molecule has 1 N–H and O–H groups in total. The van der Waals surface area contributed by atoms with Crippen LogP contribution in [0.4, 0.5) is 13.2 Å². The van der Waals surface area contributed by atoms with Gasteiger partial charge in [-0.3, -0.25) is 0 Å². The summed E-state index contributed by atoms with van der Waals surface area (Å²) in [6.07, 6.45) is -4.71. The number of halogens is 3. The molecular weight excluding hydrogens is 195 g/mol. The summed E-state index contributed by atoms with van der Waals surface area (Å²) in [4.78, 5) is 0. The second kappa shape index (κ2) is 3.61. The lowest BCUT2D eigenvalue weighted by atomic mass is 10.5. The van der Waals surface area contributed by atoms with Gasteiger partial charge in [0.25, 0.3) is 0 Å². The molecule has 12 heavy (non-hydrogen) atoms. The van der Waals surface area contributed by atoms with Crippen molar-refractivity contribution in [2.75, 3.05) is 6.54 Å². The third-order valence-electron chi connectivity index (χ3n) is 1.27. The van der Waals surface area contributed by atoms with E-state index in [0.717, 1.165) is 0 Å². The highest BCUT2D eigenvalue weighted by Gasteiger charge is 2.44. The smallest absolute Gasteiger partial charge is 0.215 e. The van der Waals surface area contributed by atoms with Crippen LogP contribution in [0.2, 0.25) is 0 Å². The van der Waals surface area contributed by atoms with Gasteiger partial charge in [-0.15, -0.1) is 0 Å². The maximum atomic E-state index is 11.8. The quantitative estimate of drug-likeness (QED) is 0.743. The van der Waals surface area contributed by atoms with Gasteiger partial charge in [-0.1, -0.05) is 6.92 Å². The van der Waals surface area contributed by atoms with E-state index >= 15 is 0 Å². The molecule has 0 amide bonds. The number of nitrogens with one attached hydrogen (secondary N) is 1. The predicted octanol–water partition coefficient (Wildman–Crippen LogP) is 0.877. The normalized spacial score (nSPS) is 16.1. The predicted molar refractivity (Wildman–Crippen MR) is 38.1 cm³/mol. The fraction of sp³-hybridized carbons (Fsp3) is 1.00. The monoisotopic (exact) mass is 205 g/mol. The summed E-state index contributed by atoms with van der Waals surface area (Å²) in [7, 11) is -4.24. The van der Waals surface area contributed by atoms with Gasteiger partial charge < -0.3 is 0 Å². The molecule has 0 aromatic rings. The third-order valence-corrected chi connectivity index (χ3v) is 3.16. The van der Waals surface area contributed by atoms with Crippen LogP contribution in [0.3, 0.4) is 0 Å². The number of hydrogen-bond acceptors (Lipinski definition) is 2. The van der Waals surface area contributed by atoms with E-state index in [2.05, 4.69) is 0 Å². The Morgan fingerprint density at radius 3 is 2.08 bits per heavy atom. The van der Waals surface area contributed by atoms with E-state index in [0.29, 0.717) is 6.92 Å². The molecule has 1 atom stereocenters. The first-order valence-corrected chi connectivity index (χ1v) is 4.81. The molecule has 0 saturated carbocycles. The van der Waals surface area contributed by atoms with Gasteiger partial charge in [0.1, 0.15) is 0 Å². The van der Waals surface area contributed by atoms with Gasteiger partial charge >= 0.3 is 6.18 Å². The highest BCUT2D eigenvalue weighted by atomic mass is 32.2. The van der Waals surface area contributed by atoms with Crippen molar-refractivity contribution in [3.8, 4) is 0 Å². The lowest BCUT2D eigenvalue weighted by molar-refractivity contribution is -0.127. The molecular formula is C5H10F3NO2S. The second-order valence-corrected chi connectivity index (χ2v) is 4.31. The fourth-order valence-corrected chi connectivity index (χ4v) is 1.51. The number of sulfonamides is 1. The molecule has 0 aromatic carbocycles. The van der Waals surface area contributed by atoms with Crippen molar-refractivity contribution in [3.05, 3.63) is 0 Å². The van der Waals surface area contributed by atoms with E-state index in [1.54, 1.807) is 4.72 Å². The van der Waals surface area contributed by atoms with Crippen LogP contribution in [0.15, 0.2) is 0 Å². The Bertz CT molecular complexity index is 234. The van der Waals surface area contributed by atoms with Gasteiger partial charge in [-0.2, -0.15) is 13.2 Å². The molecule has 74 valence electrons. The summed E-state index contributed by atoms with van der Waals surface area (Å²) >= 11 is 0. The van der Waals surface area contributed by atoms with Crippen molar-refractivity contribution in [1.82, 2.24) is 4.72 Å². The first-order chi connectivity index (χ1) is 5.22. The summed E-state index contributed by atoms with van der Waals surface area (Å²) in [6.45, 7) is 1.99. The summed E-state index contributed by atoms with van der Waals surface area (Å²) in [5, 5.41) is -2.36. The van der Waals surface area contributed by atoms with Gasteiger partial charge in [-0.25, -0.2) is 13.1 Å². The second-order valence-electron chi connectivity index (χ2n) is 2.23. The van der Waals surface area contributed by atoms with E-state index in [1.165, 1.54) is 6.92 Å². The summed E-state index contributed by atoms with van der Waals surface area (Å²) in [6, 6.07) is 0. The van der Waals surface area contributed by atoms with Crippen LogP contribution in [0.5, 0.6) is 0 Å². The average molecular weight is 205 g/mol. The highest BCUT2D eigenvalue weighted by Crippen LogP contribution is 2.24. The SMILES string of the molecule is CCNS(=O)(=O)C(C)C(F)(F)F. The van der Waals surface area contributed by atoms with Crippen LogP contribution < -0.4 is 4.72 Å². The first-order valence-electron chi connectivity index (χ1n) is 3.27. The molecule has 7 heteroatoms. The molecule has 0 rings (SSSR count). The first kappa shape index (κ1) is 11.7. The molecule has 0 spiro atoms. The third kappa shape index (κ3) is 2.98. The Kier molecular flexibility index (Phi) is 3.52. The van der Waals surface area contributed by atoms with Crippen molar-refractivity contribution in [3.63, 3.8) is 0 Å². The average Bonchev–Trinajstić information content (AvgIpc) is 1.84. The Labute approximate surface area is 69.0 Å². The van der Waals surface area contributed by atoms with Crippen molar-refractivity contribution in [2.24, 2.45) is 0 Å². The zero-order valence-electron chi connectivity index (χ0n) is 6.64. The number of rotatable bonds is 3. The Morgan fingerprint density at radius 2 is 1.83 bits per heavy atom. The van der Waals surface area contributed by atoms with Crippen molar-refractivity contribution >= 4 is 10.0 Å². The molecule has 0 bridgehead atoms. The number of alkyl halides is 3. The van der Waals surface area contributed by atoms with Gasteiger partial charge in [-0.05, 0) is 6.92 Å². The lowest BCUT2D eigenvalue weighted by Gasteiger charge is -2.15. The van der Waals surface area contributed by atoms with E-state index in [1.807, 2.05) is 0 Å². The minimum absolute atomic E-state index is 0.0389. The molecule has 0 heterocycles. The van der Waals surface area contributed by atoms with E-state index in [-0.39, 0.29) is 6.54 Å². The highest BCUT2D eigenvalue weighted by molar-refractivity contribution is 7.90. The van der Waals surface area contributed by atoms with Crippen molar-refractivity contribution < 1.29 is 21.6 Å². The molecule has 1 unspecified atom stereocenters. The van der Waals surface area contributed by atoms with Gasteiger partial charge in [0.05, 0.1) is 0 Å². The van der Waals surface area contributed by atoms with Crippen molar-refractivity contribution in [2.45, 2.75) is 25.3 Å². The molecule has 0 saturated heterocycles. The van der Waals surface area contributed by atoms with Crippen LogP contribution in [-0.4, -0.2) is 26.4 Å². The molecule has 0 aliphatic rings. The Morgan fingerprint density at radius 1 is 1.42 bits per heavy atom. The molecule has 0 aliphatic carbocycles. The minimum atomic E-state index is -4.71. The molecule has 0 fully saturated rings. The van der Waals surface area contributed by atoms with Crippen LogP contribution in [0.1, 0.15) is 13.8 Å². The standard InChI is InChI=1S/C5H10F3NO2S/c1-3-9-12(10,11)4(2)5(6,7)8/h4,9H,3H2,1-2H3. The molecule has 0 aliphatic heterocycles. The summed E-state index contributed by atoms with van der Waals surface area (Å²) < 4.78 is 58.8. The summed E-state index contributed by atoms with van der Waals surface area (Å²) in [5.74, 6) is 0. The van der Waals surface area contributed by atoms with Gasteiger partial charge in [0.2, 0.25) is 10.0 Å². The van der Waals surface area contributed by atoms with E-state index < -0.39 is 21.4 Å². The number of hydrogen-bond donors (Lipinski definition) is 1. The van der Waals surface area contributed by atoms with Crippen LogP contribution in [0.25, 0.3) is 0 Å².